The minimum atomic E-state index is -1.86. The minimum absolute atomic E-state index is 0.107. The van der Waals surface area contributed by atoms with Crippen LogP contribution in [0.2, 0.25) is 0 Å². The van der Waals surface area contributed by atoms with Gasteiger partial charge in [0, 0.05) is 5.38 Å². The number of methoxy groups -OCH3 is 1. The van der Waals surface area contributed by atoms with E-state index in [9.17, 15) is 19.2 Å². The summed E-state index contributed by atoms with van der Waals surface area (Å²) < 4.78 is 25.2. The summed E-state index contributed by atoms with van der Waals surface area (Å²) >= 11 is 18.9. The third-order valence-electron chi connectivity index (χ3n) is 8.50. The summed E-state index contributed by atoms with van der Waals surface area (Å²) in [7, 11) is 1.37. The minimum Gasteiger partial charge on any atom is -0.500 e. The fraction of sp³-hybridized carbons (Fsp3) is 0.675. The van der Waals surface area contributed by atoms with Crippen molar-refractivity contribution in [1.82, 2.24) is 10.3 Å². The molecular formula is C40H61Cl3N2O9S. The van der Waals surface area contributed by atoms with Crippen molar-refractivity contribution in [2.24, 2.45) is 23.2 Å². The summed E-state index contributed by atoms with van der Waals surface area (Å²) in [6.07, 6.45) is 5.16. The number of nitrogens with one attached hydrogen (secondary N) is 1. The van der Waals surface area contributed by atoms with Crippen molar-refractivity contribution in [2.45, 2.75) is 130 Å². The molecule has 4 atom stereocenters. The Kier molecular flexibility index (Phi) is 20.8. The molecule has 1 N–H and O–H groups in total. The topological polar surface area (TPSA) is 139 Å². The molecule has 0 saturated heterocycles. The molecule has 0 spiro atoms. The maximum atomic E-state index is 14.1. The lowest BCUT2D eigenvalue weighted by molar-refractivity contribution is -0.139. The summed E-state index contributed by atoms with van der Waals surface area (Å²) in [6, 6.07) is -0.333. The number of Topliss-reactive ketones (excluding diaryl/α,β-unsaturated/α-hetero) is 1. The predicted molar refractivity (Wildman–Crippen MR) is 220 cm³/mol. The molecule has 0 aliphatic heterocycles. The quantitative estimate of drug-likeness (QED) is 0.0337. The van der Waals surface area contributed by atoms with E-state index in [4.69, 9.17) is 58.5 Å². The van der Waals surface area contributed by atoms with E-state index in [2.05, 4.69) is 16.4 Å². The number of ketones is 1. The number of halogens is 3. The highest BCUT2D eigenvalue weighted by atomic mass is 35.6. The Morgan fingerprint density at radius 2 is 1.64 bits per heavy atom. The van der Waals surface area contributed by atoms with E-state index in [0.29, 0.717) is 25.7 Å². The van der Waals surface area contributed by atoms with E-state index < -0.39 is 51.7 Å². The maximum Gasteiger partial charge on any atom is 0.508 e. The smallest absolute Gasteiger partial charge is 0.500 e. The molecule has 1 rings (SSSR count). The Hall–Kier alpha value is -2.80. The van der Waals surface area contributed by atoms with E-state index in [1.165, 1.54) is 13.2 Å². The van der Waals surface area contributed by atoms with Crippen molar-refractivity contribution < 1.29 is 42.9 Å². The molecule has 0 aliphatic rings. The van der Waals surface area contributed by atoms with Gasteiger partial charge in [0.15, 0.2) is 5.78 Å². The van der Waals surface area contributed by atoms with Gasteiger partial charge in [-0.3, -0.25) is 4.79 Å². The fourth-order valence-electron chi connectivity index (χ4n) is 5.61. The number of allylic oxidation sites excluding steroid dienone is 2. The molecule has 2 unspecified atom stereocenters. The highest BCUT2D eigenvalue weighted by molar-refractivity contribution is 7.09. The number of amides is 1. The second-order valence-corrected chi connectivity index (χ2v) is 19.4. The van der Waals surface area contributed by atoms with Gasteiger partial charge in [0.05, 0.1) is 47.9 Å². The van der Waals surface area contributed by atoms with E-state index >= 15 is 0 Å². The number of carbonyl (C=O) groups is 4. The number of hydrogen-bond acceptors (Lipinski definition) is 11. The summed E-state index contributed by atoms with van der Waals surface area (Å²) in [5.41, 5.74) is 0.903. The fourth-order valence-corrected chi connectivity index (χ4v) is 6.34. The molecule has 1 aromatic rings. The predicted octanol–water partition coefficient (Wildman–Crippen LogP) is 10.7. The molecular weight excluding hydrogens is 791 g/mol. The van der Waals surface area contributed by atoms with Crippen LogP contribution < -0.4 is 5.32 Å². The highest BCUT2D eigenvalue weighted by Gasteiger charge is 2.43. The van der Waals surface area contributed by atoms with Crippen molar-refractivity contribution in [3.8, 4) is 0 Å². The van der Waals surface area contributed by atoms with E-state index in [1.54, 1.807) is 32.1 Å². The van der Waals surface area contributed by atoms with Gasteiger partial charge in [-0.25, -0.2) is 19.4 Å². The maximum absolute atomic E-state index is 14.1. The number of hydrogen-bond donors (Lipinski definition) is 1. The third kappa shape index (κ3) is 19.8. The van der Waals surface area contributed by atoms with Gasteiger partial charge < -0.3 is 29.0 Å². The van der Waals surface area contributed by atoms with Crippen LogP contribution in [0.25, 0.3) is 6.08 Å². The zero-order chi connectivity index (χ0) is 42.3. The normalized spacial score (nSPS) is 15.5. The van der Waals surface area contributed by atoms with Crippen LogP contribution in [0.3, 0.4) is 0 Å². The van der Waals surface area contributed by atoms with Gasteiger partial charge in [-0.1, -0.05) is 74.1 Å². The van der Waals surface area contributed by atoms with Gasteiger partial charge in [-0.15, -0.1) is 11.3 Å². The first-order valence-corrected chi connectivity index (χ1v) is 20.4. The van der Waals surface area contributed by atoms with E-state index in [0.717, 1.165) is 21.8 Å². The Morgan fingerprint density at radius 1 is 1.00 bits per heavy atom. The van der Waals surface area contributed by atoms with Crippen molar-refractivity contribution >= 4 is 76.2 Å². The van der Waals surface area contributed by atoms with Gasteiger partial charge in [0.25, 0.3) is 0 Å². The first-order valence-electron chi connectivity index (χ1n) is 18.4. The second kappa shape index (κ2) is 22.8. The molecule has 312 valence electrons. The number of alkyl halides is 3. The standard InChI is InChI=1S/C40H61Cl3N2O9S/c1-24(2)21-51-33(46)20-32(50-13)39(11,12)35(47)28(6)34(53-37(49)52-23-40(41,42)43)26(4)16-14-15-25(3)17-18-31(45-36(48)54-38(8,9)10)27(5)19-30-22-55-29(7)44-30/h17,19-20,22,24,26,28,31,34H,14-16,18,21,23H2,1-13H3,(H,45,48)/b25-17-,27-19+,32-20-/t26?,28?,31-,34-/m0/s1. The van der Waals surface area contributed by atoms with Gasteiger partial charge in [0.1, 0.15) is 24.1 Å². The summed E-state index contributed by atoms with van der Waals surface area (Å²) in [4.78, 5) is 56.7. The largest absolute Gasteiger partial charge is 0.508 e. The van der Waals surface area contributed by atoms with Gasteiger partial charge in [-0.05, 0) is 105 Å². The summed E-state index contributed by atoms with van der Waals surface area (Å²) in [6.45, 7) is 21.6. The number of esters is 1. The Balaban J connectivity index is 3.21. The molecule has 0 bridgehead atoms. The number of rotatable bonds is 20. The zero-order valence-electron chi connectivity index (χ0n) is 34.6. The number of alkyl carbamates (subject to hydrolysis) is 1. The van der Waals surface area contributed by atoms with E-state index in [-0.39, 0.29) is 36.0 Å². The molecule has 0 aliphatic carbocycles. The van der Waals surface area contributed by atoms with Crippen molar-refractivity contribution in [3.05, 3.63) is 45.1 Å². The Morgan fingerprint density at radius 3 is 2.16 bits per heavy atom. The van der Waals surface area contributed by atoms with Crippen LogP contribution in [-0.4, -0.2) is 70.8 Å². The molecule has 1 aromatic heterocycles. The molecule has 0 aromatic carbocycles. The number of nitrogens with zero attached hydrogens (tertiary/aromatic N) is 1. The van der Waals surface area contributed by atoms with Crippen molar-refractivity contribution in [3.63, 3.8) is 0 Å². The van der Waals surface area contributed by atoms with E-state index in [1.807, 2.05) is 73.8 Å². The molecule has 1 amide bonds. The van der Waals surface area contributed by atoms with Crippen molar-refractivity contribution in [1.29, 1.82) is 0 Å². The molecule has 15 heteroatoms. The lowest BCUT2D eigenvalue weighted by atomic mass is 9.75. The lowest BCUT2D eigenvalue weighted by Gasteiger charge is -2.34. The molecule has 11 nitrogen and oxygen atoms in total. The van der Waals surface area contributed by atoms with Crippen LogP contribution in [-0.2, 0) is 33.3 Å². The van der Waals surface area contributed by atoms with Crippen LogP contribution in [0.5, 0.6) is 0 Å². The number of carbonyl (C=O) groups excluding carboxylic acids is 4. The first kappa shape index (κ1) is 50.2. The van der Waals surface area contributed by atoms with Gasteiger partial charge in [0.2, 0.25) is 3.79 Å². The van der Waals surface area contributed by atoms with Crippen LogP contribution in [0.15, 0.2) is 34.4 Å². The van der Waals surface area contributed by atoms with Crippen LogP contribution in [0.1, 0.15) is 113 Å². The zero-order valence-corrected chi connectivity index (χ0v) is 37.7. The Labute approximate surface area is 346 Å². The number of thiazole rings is 1. The second-order valence-electron chi connectivity index (χ2n) is 15.8. The highest BCUT2D eigenvalue weighted by Crippen LogP contribution is 2.35. The Bertz CT molecular complexity index is 1520. The number of aromatic nitrogens is 1. The molecule has 1 heterocycles. The average Bonchev–Trinajstić information content (AvgIpc) is 3.47. The molecule has 0 saturated carbocycles. The molecule has 0 fully saturated rings. The first-order chi connectivity index (χ1) is 25.2. The van der Waals surface area contributed by atoms with Gasteiger partial charge in [-0.2, -0.15) is 0 Å². The van der Waals surface area contributed by atoms with Crippen molar-refractivity contribution in [2.75, 3.05) is 20.3 Å². The van der Waals surface area contributed by atoms with Crippen LogP contribution >= 0.6 is 46.1 Å². The lowest BCUT2D eigenvalue weighted by Crippen LogP contribution is -2.42. The molecule has 55 heavy (non-hydrogen) atoms. The monoisotopic (exact) mass is 850 g/mol. The third-order valence-corrected chi connectivity index (χ3v) is 9.62. The number of ether oxygens (including phenoxy) is 5. The number of aryl methyl sites for hydroxylation is 1. The summed E-state index contributed by atoms with van der Waals surface area (Å²) in [5, 5.41) is 5.92. The molecule has 0 radical (unpaired) electrons. The van der Waals surface area contributed by atoms with Gasteiger partial charge >= 0.3 is 18.2 Å². The average molecular weight is 852 g/mol. The SMILES string of the molecule is CO/C(=C\C(=O)OCC(C)C)C(C)(C)C(=O)C(C)[C@@H](OC(=O)OCC(Cl)(Cl)Cl)C(C)CCC/C(C)=C\C[C@H](NC(=O)OC(C)(C)C)/C(C)=C/c1csc(C)n1. The van der Waals surface area contributed by atoms with Crippen LogP contribution in [0.4, 0.5) is 9.59 Å². The van der Waals surface area contributed by atoms with Crippen LogP contribution in [0, 0.1) is 30.1 Å². The summed E-state index contributed by atoms with van der Waals surface area (Å²) in [5.74, 6) is -1.91.